The Bertz CT molecular complexity index is 919. The van der Waals surface area contributed by atoms with Crippen molar-refractivity contribution in [1.29, 1.82) is 0 Å². The summed E-state index contributed by atoms with van der Waals surface area (Å²) in [6.07, 6.45) is 1.46. The molecule has 0 heterocycles. The number of para-hydroxylation sites is 1. The molecule has 5 heteroatoms. The van der Waals surface area contributed by atoms with E-state index in [4.69, 9.17) is 0 Å². The minimum absolute atomic E-state index is 0.113. The molecule has 0 unspecified atom stereocenters. The topological polar surface area (TPSA) is 73.7 Å². The van der Waals surface area contributed by atoms with Crippen LogP contribution >= 0.6 is 0 Å². The fourth-order valence-electron chi connectivity index (χ4n) is 2.53. The molecule has 0 bridgehead atoms. The largest absolute Gasteiger partial charge is 0.507 e. The van der Waals surface area contributed by atoms with Crippen LogP contribution < -0.4 is 10.7 Å². The Labute approximate surface area is 139 Å². The highest BCUT2D eigenvalue weighted by Crippen LogP contribution is 2.25. The summed E-state index contributed by atoms with van der Waals surface area (Å²) in [5, 5.41) is 18.9. The molecule has 0 spiro atoms. The number of phenolic OH excluding ortho intramolecular Hbond substituents is 1. The third-order valence-corrected chi connectivity index (χ3v) is 3.75. The van der Waals surface area contributed by atoms with Crippen molar-refractivity contribution in [2.75, 3.05) is 12.4 Å². The van der Waals surface area contributed by atoms with Crippen molar-refractivity contribution in [1.82, 2.24) is 5.43 Å². The van der Waals surface area contributed by atoms with Crippen molar-refractivity contribution >= 4 is 28.6 Å². The van der Waals surface area contributed by atoms with Crippen molar-refractivity contribution in [2.45, 2.75) is 0 Å². The molecule has 0 saturated heterocycles. The predicted molar refractivity (Wildman–Crippen MR) is 96.7 cm³/mol. The molecule has 0 saturated carbocycles. The number of fused-ring (bicyclic) bond motifs is 1. The Hall–Kier alpha value is -3.34. The van der Waals surface area contributed by atoms with Gasteiger partial charge in [0.2, 0.25) is 0 Å². The maximum atomic E-state index is 12.2. The second-order valence-electron chi connectivity index (χ2n) is 5.21. The van der Waals surface area contributed by atoms with E-state index in [1.165, 1.54) is 6.21 Å². The average molecular weight is 319 g/mol. The van der Waals surface area contributed by atoms with Gasteiger partial charge in [0.25, 0.3) is 5.91 Å². The molecule has 0 aliphatic rings. The second-order valence-corrected chi connectivity index (χ2v) is 5.21. The van der Waals surface area contributed by atoms with Gasteiger partial charge >= 0.3 is 0 Å². The Morgan fingerprint density at radius 2 is 1.79 bits per heavy atom. The van der Waals surface area contributed by atoms with Crippen molar-refractivity contribution < 1.29 is 9.90 Å². The van der Waals surface area contributed by atoms with Crippen LogP contribution in [-0.4, -0.2) is 24.3 Å². The number of carbonyl (C=O) groups is 1. The Kier molecular flexibility index (Phi) is 4.43. The number of nitrogens with one attached hydrogen (secondary N) is 2. The number of rotatable bonds is 4. The highest BCUT2D eigenvalue weighted by atomic mass is 16.3. The van der Waals surface area contributed by atoms with Gasteiger partial charge in [-0.25, -0.2) is 5.43 Å². The van der Waals surface area contributed by atoms with E-state index >= 15 is 0 Å². The average Bonchev–Trinajstić information content (AvgIpc) is 2.63. The summed E-state index contributed by atoms with van der Waals surface area (Å²) in [6, 6.07) is 18.3. The number of anilines is 1. The SMILES string of the molecule is CNc1ccccc1C(=O)N/N=C/c1c(O)ccc2ccccc12. The van der Waals surface area contributed by atoms with Gasteiger partial charge in [-0.3, -0.25) is 4.79 Å². The number of amides is 1. The summed E-state index contributed by atoms with van der Waals surface area (Å²) in [4.78, 5) is 12.2. The standard InChI is InChI=1S/C19H17N3O2/c1-20-17-9-5-4-8-15(17)19(24)22-21-12-16-14-7-3-2-6-13(14)10-11-18(16)23/h2-12,20,23H,1H3,(H,22,24)/b21-12+. The van der Waals surface area contributed by atoms with Crippen molar-refractivity contribution in [3.8, 4) is 5.75 Å². The number of hydrazone groups is 1. The summed E-state index contributed by atoms with van der Waals surface area (Å²) in [5.74, 6) is -0.210. The van der Waals surface area contributed by atoms with Crippen LogP contribution in [0.3, 0.4) is 0 Å². The van der Waals surface area contributed by atoms with E-state index in [9.17, 15) is 9.90 Å². The lowest BCUT2D eigenvalue weighted by atomic mass is 10.0. The van der Waals surface area contributed by atoms with E-state index < -0.39 is 0 Å². The van der Waals surface area contributed by atoms with Crippen LogP contribution in [-0.2, 0) is 0 Å². The number of aromatic hydroxyl groups is 1. The van der Waals surface area contributed by atoms with Gasteiger partial charge in [-0.2, -0.15) is 5.10 Å². The van der Waals surface area contributed by atoms with Gasteiger partial charge in [0, 0.05) is 18.3 Å². The summed E-state index contributed by atoms with van der Waals surface area (Å²) >= 11 is 0. The van der Waals surface area contributed by atoms with E-state index in [2.05, 4.69) is 15.8 Å². The van der Waals surface area contributed by atoms with E-state index in [1.807, 2.05) is 42.5 Å². The first-order valence-electron chi connectivity index (χ1n) is 7.51. The monoisotopic (exact) mass is 319 g/mol. The number of hydrogen-bond acceptors (Lipinski definition) is 4. The summed E-state index contributed by atoms with van der Waals surface area (Å²) in [6.45, 7) is 0. The second kappa shape index (κ2) is 6.83. The third-order valence-electron chi connectivity index (χ3n) is 3.75. The first-order valence-corrected chi connectivity index (χ1v) is 7.51. The van der Waals surface area contributed by atoms with Gasteiger partial charge in [0.15, 0.2) is 0 Å². The van der Waals surface area contributed by atoms with Crippen LogP contribution in [0.2, 0.25) is 0 Å². The molecular weight excluding hydrogens is 302 g/mol. The number of hydrogen-bond donors (Lipinski definition) is 3. The molecule has 0 radical (unpaired) electrons. The van der Waals surface area contributed by atoms with Crippen LogP contribution in [0.4, 0.5) is 5.69 Å². The molecule has 1 amide bonds. The molecule has 0 aliphatic carbocycles. The lowest BCUT2D eigenvalue weighted by molar-refractivity contribution is 0.0956. The molecule has 0 aliphatic heterocycles. The predicted octanol–water partition coefficient (Wildman–Crippen LogP) is 3.35. The van der Waals surface area contributed by atoms with Crippen LogP contribution in [0.25, 0.3) is 10.8 Å². The van der Waals surface area contributed by atoms with Crippen LogP contribution in [0.15, 0.2) is 65.8 Å². The van der Waals surface area contributed by atoms with Crippen molar-refractivity contribution in [3.63, 3.8) is 0 Å². The number of carbonyl (C=O) groups excluding carboxylic acids is 1. The molecule has 3 aromatic rings. The molecule has 120 valence electrons. The van der Waals surface area contributed by atoms with E-state index in [0.29, 0.717) is 11.1 Å². The molecule has 3 N–H and O–H groups in total. The highest BCUT2D eigenvalue weighted by molar-refractivity contribution is 6.03. The smallest absolute Gasteiger partial charge is 0.273 e. The molecule has 3 rings (SSSR count). The summed E-state index contributed by atoms with van der Waals surface area (Å²) in [5.41, 5.74) is 4.28. The number of benzene rings is 3. The van der Waals surface area contributed by atoms with Gasteiger partial charge in [-0.15, -0.1) is 0 Å². The summed E-state index contributed by atoms with van der Waals surface area (Å²) in [7, 11) is 1.75. The number of phenols is 1. The van der Waals surface area contributed by atoms with E-state index in [0.717, 1.165) is 16.5 Å². The minimum atomic E-state index is -0.323. The maximum absolute atomic E-state index is 12.2. The van der Waals surface area contributed by atoms with Gasteiger partial charge in [0.05, 0.1) is 11.8 Å². The fraction of sp³-hybridized carbons (Fsp3) is 0.0526. The Balaban J connectivity index is 1.85. The zero-order valence-corrected chi connectivity index (χ0v) is 13.2. The van der Waals surface area contributed by atoms with Gasteiger partial charge < -0.3 is 10.4 Å². The Morgan fingerprint density at radius 3 is 2.62 bits per heavy atom. The zero-order chi connectivity index (χ0) is 16.9. The Morgan fingerprint density at radius 1 is 1.04 bits per heavy atom. The van der Waals surface area contributed by atoms with Crippen LogP contribution in [0.1, 0.15) is 15.9 Å². The molecule has 3 aromatic carbocycles. The van der Waals surface area contributed by atoms with E-state index in [1.54, 1.807) is 25.2 Å². The maximum Gasteiger partial charge on any atom is 0.273 e. The molecule has 5 nitrogen and oxygen atoms in total. The molecular formula is C19H17N3O2. The molecule has 0 atom stereocenters. The first-order chi connectivity index (χ1) is 11.7. The molecule has 0 fully saturated rings. The fourth-order valence-corrected chi connectivity index (χ4v) is 2.53. The van der Waals surface area contributed by atoms with Crippen LogP contribution in [0.5, 0.6) is 5.75 Å². The lowest BCUT2D eigenvalue weighted by Gasteiger charge is -2.07. The quantitative estimate of drug-likeness (QED) is 0.510. The third kappa shape index (κ3) is 3.05. The number of nitrogens with zero attached hydrogens (tertiary/aromatic N) is 1. The first kappa shape index (κ1) is 15.6. The van der Waals surface area contributed by atoms with Gasteiger partial charge in [0.1, 0.15) is 5.75 Å². The zero-order valence-electron chi connectivity index (χ0n) is 13.2. The van der Waals surface area contributed by atoms with Gasteiger partial charge in [-0.1, -0.05) is 42.5 Å². The highest BCUT2D eigenvalue weighted by Gasteiger charge is 2.09. The lowest BCUT2D eigenvalue weighted by Crippen LogP contribution is -2.19. The van der Waals surface area contributed by atoms with Crippen molar-refractivity contribution in [2.24, 2.45) is 5.10 Å². The summed E-state index contributed by atoms with van der Waals surface area (Å²) < 4.78 is 0. The van der Waals surface area contributed by atoms with E-state index in [-0.39, 0.29) is 11.7 Å². The molecule has 0 aromatic heterocycles. The van der Waals surface area contributed by atoms with Gasteiger partial charge in [-0.05, 0) is 29.0 Å². The molecule has 24 heavy (non-hydrogen) atoms. The minimum Gasteiger partial charge on any atom is -0.507 e. The normalized spacial score (nSPS) is 10.9. The van der Waals surface area contributed by atoms with Crippen LogP contribution in [0, 0.1) is 0 Å². The van der Waals surface area contributed by atoms with Crippen molar-refractivity contribution in [3.05, 3.63) is 71.8 Å².